The molecule has 0 unspecified atom stereocenters. The summed E-state index contributed by atoms with van der Waals surface area (Å²) in [7, 11) is 0.297. The molecule has 37 heavy (non-hydrogen) atoms. The molecule has 0 aliphatic carbocycles. The molecule has 196 valence electrons. The third-order valence-electron chi connectivity index (χ3n) is 5.25. The fraction of sp³-hybridized carbons (Fsp3) is 0.200. The first-order valence-corrected chi connectivity index (χ1v) is 13.7. The van der Waals surface area contributed by atoms with Gasteiger partial charge in [0.1, 0.15) is 11.5 Å². The number of carbonyl (C=O) groups is 2. The van der Waals surface area contributed by atoms with Crippen molar-refractivity contribution in [1.29, 1.82) is 0 Å². The van der Waals surface area contributed by atoms with E-state index in [1.54, 1.807) is 48.5 Å². The van der Waals surface area contributed by atoms with Crippen molar-refractivity contribution in [3.05, 3.63) is 76.8 Å². The van der Waals surface area contributed by atoms with Gasteiger partial charge in [0.15, 0.2) is 0 Å². The number of benzene rings is 3. The number of hydrogen-bond acceptors (Lipinski definition) is 8. The van der Waals surface area contributed by atoms with Gasteiger partial charge in [-0.15, -0.1) is 0 Å². The maximum Gasteiger partial charge on any atom is 0.307 e. The minimum Gasteiger partial charge on any atom is -0.497 e. The van der Waals surface area contributed by atoms with Crippen LogP contribution in [0.1, 0.15) is 15.9 Å². The van der Waals surface area contributed by atoms with E-state index in [-0.39, 0.29) is 22.9 Å². The maximum absolute atomic E-state index is 13.2. The Morgan fingerprint density at radius 2 is 1.70 bits per heavy atom. The summed E-state index contributed by atoms with van der Waals surface area (Å²) >= 11 is 6.63. The lowest BCUT2D eigenvalue weighted by Crippen LogP contribution is -2.29. The molecule has 0 fully saturated rings. The Labute approximate surface area is 225 Å². The normalized spacial score (nSPS) is 11.0. The van der Waals surface area contributed by atoms with Crippen LogP contribution in [0.25, 0.3) is 11.1 Å². The lowest BCUT2D eigenvalue weighted by atomic mass is 10.0. The van der Waals surface area contributed by atoms with Crippen molar-refractivity contribution < 1.29 is 27.5 Å². The van der Waals surface area contributed by atoms with Gasteiger partial charge in [-0.25, -0.2) is 13.1 Å². The lowest BCUT2D eigenvalue weighted by molar-refractivity contribution is 0.0951. The molecule has 0 radical (unpaired) electrons. The maximum atomic E-state index is 13.2. The topological polar surface area (TPSA) is 123 Å². The van der Waals surface area contributed by atoms with Crippen LogP contribution in [0.4, 0.5) is 4.79 Å². The second-order valence-electron chi connectivity index (χ2n) is 7.61. The first kappa shape index (κ1) is 28.3. The van der Waals surface area contributed by atoms with Crippen molar-refractivity contribution in [2.45, 2.75) is 11.3 Å². The summed E-state index contributed by atoms with van der Waals surface area (Å²) in [4.78, 5) is 24.6. The fourth-order valence-electron chi connectivity index (χ4n) is 3.51. The zero-order chi connectivity index (χ0) is 27.0. The van der Waals surface area contributed by atoms with Crippen LogP contribution >= 0.6 is 23.5 Å². The second-order valence-corrected chi connectivity index (χ2v) is 10.7. The minimum atomic E-state index is -4.21. The number of hydrogen-bond donors (Lipinski definition) is 3. The van der Waals surface area contributed by atoms with Gasteiger partial charge in [-0.1, -0.05) is 35.9 Å². The number of methoxy groups -OCH3 is 2. The number of amides is 2. The molecule has 3 aromatic carbocycles. The van der Waals surface area contributed by atoms with Gasteiger partial charge in [-0.05, 0) is 61.0 Å². The number of ether oxygens (including phenoxy) is 2. The molecule has 0 aromatic heterocycles. The molecule has 0 bridgehead atoms. The highest BCUT2D eigenvalue weighted by molar-refractivity contribution is 8.13. The van der Waals surface area contributed by atoms with E-state index in [1.165, 1.54) is 33.4 Å². The number of rotatable bonds is 10. The van der Waals surface area contributed by atoms with Crippen molar-refractivity contribution in [3.8, 4) is 22.6 Å². The fourth-order valence-corrected chi connectivity index (χ4v) is 5.47. The van der Waals surface area contributed by atoms with Gasteiger partial charge < -0.3 is 14.8 Å². The van der Waals surface area contributed by atoms with Gasteiger partial charge in [0.2, 0.25) is 0 Å². The number of carbonyl (C=O) groups excluding carboxylic acids is 2. The zero-order valence-electron chi connectivity index (χ0n) is 20.3. The lowest BCUT2D eigenvalue weighted by Gasteiger charge is -2.14. The van der Waals surface area contributed by atoms with Crippen LogP contribution in [0.3, 0.4) is 0 Å². The average molecular weight is 564 g/mol. The standard InChI is InChI=1S/C25H26ClN3O6S2/c1-27-36-25(31)29-37(32,33)23-14-16(4-10-20(23)17-5-8-19(34-2)9-6-17)12-13-28-24(30)21-15-18(26)7-11-22(21)35-3/h4-11,14-15,27H,12-13H2,1-3H3,(H,28,30)(H,29,31). The summed E-state index contributed by atoms with van der Waals surface area (Å²) in [5, 5.41) is 2.42. The van der Waals surface area contributed by atoms with Crippen molar-refractivity contribution in [2.75, 3.05) is 27.8 Å². The van der Waals surface area contributed by atoms with Gasteiger partial charge in [0.25, 0.3) is 15.9 Å². The number of halogens is 1. The molecule has 0 saturated heterocycles. The van der Waals surface area contributed by atoms with Crippen molar-refractivity contribution in [1.82, 2.24) is 14.8 Å². The SMILES string of the molecule is CNSC(=O)NS(=O)(=O)c1cc(CCNC(=O)c2cc(Cl)ccc2OC)ccc1-c1ccc(OC)cc1. The van der Waals surface area contributed by atoms with Gasteiger partial charge in [-0.2, -0.15) is 0 Å². The van der Waals surface area contributed by atoms with E-state index >= 15 is 0 Å². The molecule has 3 N–H and O–H groups in total. The summed E-state index contributed by atoms with van der Waals surface area (Å²) in [6.07, 6.45) is 0.333. The van der Waals surface area contributed by atoms with Crippen LogP contribution in [0.5, 0.6) is 11.5 Å². The molecule has 0 atom stereocenters. The Bertz CT molecular complexity index is 1380. The molecule has 0 spiro atoms. The van der Waals surface area contributed by atoms with E-state index in [9.17, 15) is 18.0 Å². The average Bonchev–Trinajstić information content (AvgIpc) is 2.88. The van der Waals surface area contributed by atoms with Crippen LogP contribution in [0, 0.1) is 0 Å². The van der Waals surface area contributed by atoms with E-state index < -0.39 is 15.3 Å². The summed E-state index contributed by atoms with van der Waals surface area (Å²) in [6, 6.07) is 16.6. The van der Waals surface area contributed by atoms with Crippen LogP contribution in [0.2, 0.25) is 5.02 Å². The largest absolute Gasteiger partial charge is 0.497 e. The highest BCUT2D eigenvalue weighted by Crippen LogP contribution is 2.30. The Hall–Kier alpha value is -3.25. The molecule has 0 heterocycles. The number of sulfonamides is 1. The quantitative estimate of drug-likeness (QED) is 0.313. The van der Waals surface area contributed by atoms with Gasteiger partial charge in [-0.3, -0.25) is 14.3 Å². The molecule has 12 heteroatoms. The summed E-state index contributed by atoms with van der Waals surface area (Å²) in [5.74, 6) is 0.628. The number of nitrogens with one attached hydrogen (secondary N) is 3. The van der Waals surface area contributed by atoms with Crippen LogP contribution in [0.15, 0.2) is 65.6 Å². The van der Waals surface area contributed by atoms with Crippen LogP contribution < -0.4 is 24.2 Å². The van der Waals surface area contributed by atoms with E-state index in [4.69, 9.17) is 21.1 Å². The molecule has 3 rings (SSSR count). The molecule has 0 aliphatic heterocycles. The van der Waals surface area contributed by atoms with Gasteiger partial charge >= 0.3 is 5.24 Å². The van der Waals surface area contributed by atoms with E-state index in [1.807, 2.05) is 0 Å². The van der Waals surface area contributed by atoms with Crippen LogP contribution in [-0.2, 0) is 16.4 Å². The predicted octanol–water partition coefficient (Wildman–Crippen LogP) is 4.26. The Kier molecular flexibility index (Phi) is 9.81. The Morgan fingerprint density at radius 3 is 2.35 bits per heavy atom. The molecule has 0 saturated carbocycles. The van der Waals surface area contributed by atoms with Gasteiger partial charge in [0.05, 0.1) is 24.7 Å². The van der Waals surface area contributed by atoms with Crippen molar-refractivity contribution in [3.63, 3.8) is 0 Å². The van der Waals surface area contributed by atoms with Gasteiger partial charge in [0, 0.05) is 29.1 Å². The van der Waals surface area contributed by atoms with Crippen molar-refractivity contribution in [2.24, 2.45) is 0 Å². The molecule has 3 aromatic rings. The summed E-state index contributed by atoms with van der Waals surface area (Å²) in [6.45, 7) is 0.220. The zero-order valence-corrected chi connectivity index (χ0v) is 22.7. The van der Waals surface area contributed by atoms with E-state index in [2.05, 4.69) is 14.8 Å². The third kappa shape index (κ3) is 7.39. The molecular formula is C25H26ClN3O6S2. The predicted molar refractivity (Wildman–Crippen MR) is 145 cm³/mol. The monoisotopic (exact) mass is 563 g/mol. The van der Waals surface area contributed by atoms with E-state index in [0.717, 1.165) is 0 Å². The third-order valence-corrected chi connectivity index (χ3v) is 7.48. The van der Waals surface area contributed by atoms with Crippen LogP contribution in [-0.4, -0.2) is 47.4 Å². The van der Waals surface area contributed by atoms with E-state index in [0.29, 0.717) is 51.6 Å². The first-order valence-electron chi connectivity index (χ1n) is 11.0. The smallest absolute Gasteiger partial charge is 0.307 e. The summed E-state index contributed by atoms with van der Waals surface area (Å²) < 4.78 is 41.3. The first-order chi connectivity index (χ1) is 17.7. The molecule has 0 aliphatic rings. The highest BCUT2D eigenvalue weighted by atomic mass is 35.5. The molecule has 2 amide bonds. The Morgan fingerprint density at radius 1 is 0.973 bits per heavy atom. The Balaban J connectivity index is 1.86. The minimum absolute atomic E-state index is 0.0666. The molecule has 9 nitrogen and oxygen atoms in total. The summed E-state index contributed by atoms with van der Waals surface area (Å²) in [5.41, 5.74) is 1.97. The highest BCUT2D eigenvalue weighted by Gasteiger charge is 2.23. The molecular weight excluding hydrogens is 538 g/mol. The van der Waals surface area contributed by atoms with Crippen molar-refractivity contribution >= 4 is 44.7 Å². The second kappa shape index (κ2) is 12.8.